The van der Waals surface area contributed by atoms with Crippen molar-refractivity contribution in [3.05, 3.63) is 0 Å². The van der Waals surface area contributed by atoms with Crippen LogP contribution in [0.2, 0.25) is 0 Å². The SMILES string of the molecule is COCCOCCS(=O)O. The molecule has 0 aromatic heterocycles. The fourth-order valence-corrected chi connectivity index (χ4v) is 0.635. The molecule has 0 amide bonds. The van der Waals surface area contributed by atoms with Gasteiger partial charge >= 0.3 is 0 Å². The van der Waals surface area contributed by atoms with Gasteiger partial charge in [0, 0.05) is 7.11 Å². The molecule has 0 fully saturated rings. The number of rotatable bonds is 6. The number of hydrogen-bond donors (Lipinski definition) is 1. The highest BCUT2D eigenvalue weighted by molar-refractivity contribution is 7.79. The third-order valence-corrected chi connectivity index (χ3v) is 1.35. The lowest BCUT2D eigenvalue weighted by Crippen LogP contribution is -2.08. The van der Waals surface area contributed by atoms with Crippen LogP contribution in [0.3, 0.4) is 0 Å². The van der Waals surface area contributed by atoms with Gasteiger partial charge in [0.1, 0.15) is 0 Å². The Labute approximate surface area is 62.8 Å². The summed E-state index contributed by atoms with van der Waals surface area (Å²) < 4.78 is 27.9. The summed E-state index contributed by atoms with van der Waals surface area (Å²) in [6, 6.07) is 0. The van der Waals surface area contributed by atoms with E-state index in [-0.39, 0.29) is 5.75 Å². The van der Waals surface area contributed by atoms with Gasteiger partial charge in [0.05, 0.1) is 25.6 Å². The minimum absolute atomic E-state index is 0.170. The maximum absolute atomic E-state index is 10.0. The molecule has 0 bridgehead atoms. The van der Waals surface area contributed by atoms with E-state index in [1.165, 1.54) is 0 Å². The second-order valence-electron chi connectivity index (χ2n) is 1.63. The molecule has 10 heavy (non-hydrogen) atoms. The van der Waals surface area contributed by atoms with Crippen LogP contribution in [0.15, 0.2) is 0 Å². The first-order valence-corrected chi connectivity index (χ1v) is 4.19. The molecular weight excluding hydrogens is 156 g/mol. The summed E-state index contributed by atoms with van der Waals surface area (Å²) in [6.45, 7) is 1.32. The fraction of sp³-hybridized carbons (Fsp3) is 1.00. The van der Waals surface area contributed by atoms with Crippen LogP contribution in [0.4, 0.5) is 0 Å². The first-order chi connectivity index (χ1) is 4.77. The third kappa shape index (κ3) is 8.03. The van der Waals surface area contributed by atoms with Crippen molar-refractivity contribution >= 4 is 11.1 Å². The Balaban J connectivity index is 2.84. The van der Waals surface area contributed by atoms with Crippen LogP contribution >= 0.6 is 0 Å². The van der Waals surface area contributed by atoms with Gasteiger partial charge in [0.15, 0.2) is 11.1 Å². The third-order valence-electron chi connectivity index (χ3n) is 0.834. The maximum atomic E-state index is 10.0. The van der Waals surface area contributed by atoms with E-state index in [4.69, 9.17) is 9.29 Å². The molecule has 0 saturated carbocycles. The molecule has 0 aliphatic carbocycles. The second-order valence-corrected chi connectivity index (χ2v) is 2.68. The average Bonchev–Trinajstić information content (AvgIpc) is 1.87. The molecule has 0 aliphatic heterocycles. The summed E-state index contributed by atoms with van der Waals surface area (Å²) in [5, 5.41) is 0. The normalized spacial score (nSPS) is 13.4. The van der Waals surface area contributed by atoms with Crippen LogP contribution in [-0.2, 0) is 20.6 Å². The number of hydrogen-bond acceptors (Lipinski definition) is 3. The van der Waals surface area contributed by atoms with Crippen LogP contribution in [0.1, 0.15) is 0 Å². The van der Waals surface area contributed by atoms with Gasteiger partial charge in [-0.2, -0.15) is 0 Å². The van der Waals surface area contributed by atoms with E-state index in [9.17, 15) is 4.21 Å². The molecule has 0 radical (unpaired) electrons. The molecule has 4 nitrogen and oxygen atoms in total. The Morgan fingerprint density at radius 3 is 2.60 bits per heavy atom. The predicted octanol–water partition coefficient (Wildman–Crippen LogP) is -0.129. The molecule has 1 atom stereocenters. The highest BCUT2D eigenvalue weighted by Gasteiger charge is 1.92. The van der Waals surface area contributed by atoms with Crippen molar-refractivity contribution < 1.29 is 18.2 Å². The van der Waals surface area contributed by atoms with E-state index in [1.54, 1.807) is 7.11 Å². The molecule has 0 spiro atoms. The summed E-state index contributed by atoms with van der Waals surface area (Å²) in [5.41, 5.74) is 0. The molecule has 0 heterocycles. The first kappa shape index (κ1) is 10.0. The van der Waals surface area contributed by atoms with Crippen LogP contribution in [-0.4, -0.2) is 41.4 Å². The van der Waals surface area contributed by atoms with Gasteiger partial charge < -0.3 is 14.0 Å². The van der Waals surface area contributed by atoms with E-state index < -0.39 is 11.1 Å². The van der Waals surface area contributed by atoms with E-state index in [1.807, 2.05) is 0 Å². The Bertz CT molecular complexity index is 95.6. The van der Waals surface area contributed by atoms with Gasteiger partial charge in [0.2, 0.25) is 0 Å². The summed E-state index contributed by atoms with van der Waals surface area (Å²) in [6.07, 6.45) is 0. The molecule has 1 unspecified atom stereocenters. The molecule has 0 aromatic rings. The molecule has 0 saturated heterocycles. The number of methoxy groups -OCH3 is 1. The van der Waals surface area contributed by atoms with Crippen LogP contribution < -0.4 is 0 Å². The Morgan fingerprint density at radius 2 is 2.10 bits per heavy atom. The van der Waals surface area contributed by atoms with E-state index in [0.717, 1.165) is 0 Å². The van der Waals surface area contributed by atoms with Crippen LogP contribution in [0.5, 0.6) is 0 Å². The minimum Gasteiger partial charge on any atom is -0.382 e. The molecule has 5 heteroatoms. The minimum atomic E-state index is -1.74. The molecule has 62 valence electrons. The van der Waals surface area contributed by atoms with Crippen molar-refractivity contribution in [2.24, 2.45) is 0 Å². The monoisotopic (exact) mass is 168 g/mol. The van der Waals surface area contributed by atoms with E-state index in [0.29, 0.717) is 19.8 Å². The van der Waals surface area contributed by atoms with Crippen molar-refractivity contribution in [3.8, 4) is 0 Å². The molecule has 0 rings (SSSR count). The standard InChI is InChI=1S/C5H12O4S/c1-8-2-3-9-4-5-10(6)7/h2-5H2,1H3,(H,6,7). The van der Waals surface area contributed by atoms with Crippen LogP contribution in [0.25, 0.3) is 0 Å². The van der Waals surface area contributed by atoms with Gasteiger partial charge in [-0.15, -0.1) is 0 Å². The van der Waals surface area contributed by atoms with Crippen LogP contribution in [0, 0.1) is 0 Å². The van der Waals surface area contributed by atoms with Gasteiger partial charge in [-0.25, -0.2) is 4.21 Å². The zero-order chi connectivity index (χ0) is 7.82. The van der Waals surface area contributed by atoms with Crippen molar-refractivity contribution in [2.45, 2.75) is 0 Å². The van der Waals surface area contributed by atoms with Gasteiger partial charge in [0.25, 0.3) is 0 Å². The quantitative estimate of drug-likeness (QED) is 0.443. The first-order valence-electron chi connectivity index (χ1n) is 2.91. The predicted molar refractivity (Wildman–Crippen MR) is 38.3 cm³/mol. The number of ether oxygens (including phenoxy) is 2. The van der Waals surface area contributed by atoms with Crippen molar-refractivity contribution in [1.29, 1.82) is 0 Å². The second kappa shape index (κ2) is 7.14. The van der Waals surface area contributed by atoms with E-state index in [2.05, 4.69) is 4.74 Å². The van der Waals surface area contributed by atoms with Gasteiger partial charge in [-0.3, -0.25) is 0 Å². The lowest BCUT2D eigenvalue weighted by atomic mass is 10.7. The Kier molecular flexibility index (Phi) is 7.16. The van der Waals surface area contributed by atoms with E-state index >= 15 is 0 Å². The summed E-state index contributed by atoms with van der Waals surface area (Å²) >= 11 is -1.74. The zero-order valence-electron chi connectivity index (χ0n) is 5.91. The van der Waals surface area contributed by atoms with Crippen molar-refractivity contribution in [2.75, 3.05) is 32.7 Å². The Morgan fingerprint density at radius 1 is 1.40 bits per heavy atom. The maximum Gasteiger partial charge on any atom is 0.155 e. The van der Waals surface area contributed by atoms with Gasteiger partial charge in [-0.05, 0) is 0 Å². The molecule has 0 aliphatic rings. The lowest BCUT2D eigenvalue weighted by molar-refractivity contribution is 0.0784. The molecular formula is C5H12O4S. The van der Waals surface area contributed by atoms with Crippen molar-refractivity contribution in [1.82, 2.24) is 0 Å². The highest BCUT2D eigenvalue weighted by Crippen LogP contribution is 1.78. The average molecular weight is 168 g/mol. The Hall–Kier alpha value is 0.0300. The topological polar surface area (TPSA) is 55.8 Å². The summed E-state index contributed by atoms with van der Waals surface area (Å²) in [5.74, 6) is 0.170. The smallest absolute Gasteiger partial charge is 0.155 e. The molecule has 0 aromatic carbocycles. The van der Waals surface area contributed by atoms with Crippen molar-refractivity contribution in [3.63, 3.8) is 0 Å². The highest BCUT2D eigenvalue weighted by atomic mass is 32.2. The fourth-order valence-electron chi connectivity index (χ4n) is 0.375. The summed E-state index contributed by atoms with van der Waals surface area (Å²) in [7, 11) is 1.58. The molecule has 1 N–H and O–H groups in total. The lowest BCUT2D eigenvalue weighted by Gasteiger charge is -1.99. The van der Waals surface area contributed by atoms with Gasteiger partial charge in [-0.1, -0.05) is 0 Å². The zero-order valence-corrected chi connectivity index (χ0v) is 6.73. The summed E-state index contributed by atoms with van der Waals surface area (Å²) in [4.78, 5) is 0. The largest absolute Gasteiger partial charge is 0.382 e.